The molecule has 0 aliphatic heterocycles. The molecule has 0 amide bonds. The van der Waals surface area contributed by atoms with Gasteiger partial charge in [-0.2, -0.15) is 10.4 Å². The van der Waals surface area contributed by atoms with Crippen molar-refractivity contribution in [2.24, 2.45) is 5.92 Å². The van der Waals surface area contributed by atoms with Gasteiger partial charge in [-0.1, -0.05) is 0 Å². The van der Waals surface area contributed by atoms with E-state index in [4.69, 9.17) is 10.2 Å². The fraction of sp³-hybridized carbons (Fsp3) is 0.368. The highest BCUT2D eigenvalue weighted by molar-refractivity contribution is 6.02. The number of nitrogens with one attached hydrogen (secondary N) is 2. The van der Waals surface area contributed by atoms with Crippen LogP contribution in [0.3, 0.4) is 0 Å². The van der Waals surface area contributed by atoms with Gasteiger partial charge in [0.15, 0.2) is 0 Å². The summed E-state index contributed by atoms with van der Waals surface area (Å²) < 4.78 is 2.38. The smallest absolute Gasteiger partial charge is 0.144 e. The maximum absolute atomic E-state index is 8.99. The van der Waals surface area contributed by atoms with Crippen LogP contribution in [-0.2, 0) is 0 Å². The maximum Gasteiger partial charge on any atom is 0.144 e. The molecular formula is C19H19N7. The largest absolute Gasteiger partial charge is 0.346 e. The number of hydrogen-bond donors (Lipinski definition) is 2. The summed E-state index contributed by atoms with van der Waals surface area (Å²) >= 11 is 0. The van der Waals surface area contributed by atoms with Crippen LogP contribution < -0.4 is 0 Å². The Morgan fingerprint density at radius 2 is 2.12 bits per heavy atom. The topological polar surface area (TPSA) is 99.0 Å². The van der Waals surface area contributed by atoms with Crippen molar-refractivity contribution in [1.29, 1.82) is 5.26 Å². The van der Waals surface area contributed by atoms with Gasteiger partial charge in [0.25, 0.3) is 0 Å². The number of hydrogen-bond acceptors (Lipinski definition) is 4. The predicted octanol–water partition coefficient (Wildman–Crippen LogP) is 3.95. The molecule has 1 fully saturated rings. The van der Waals surface area contributed by atoms with Gasteiger partial charge in [-0.25, -0.2) is 9.97 Å². The number of H-pyrrole nitrogens is 2. The van der Waals surface area contributed by atoms with Crippen LogP contribution in [0.4, 0.5) is 0 Å². The highest BCUT2D eigenvalue weighted by Gasteiger charge is 2.27. The number of aromatic nitrogens is 6. The molecule has 26 heavy (non-hydrogen) atoms. The lowest BCUT2D eigenvalue weighted by molar-refractivity contribution is 0.283. The molecule has 1 aliphatic carbocycles. The average Bonchev–Trinajstić information content (AvgIpc) is 3.40. The Morgan fingerprint density at radius 1 is 1.23 bits per heavy atom. The Hall–Kier alpha value is -3.14. The zero-order chi connectivity index (χ0) is 17.5. The maximum atomic E-state index is 8.99. The van der Waals surface area contributed by atoms with Crippen molar-refractivity contribution < 1.29 is 0 Å². The van der Waals surface area contributed by atoms with Crippen LogP contribution in [0.15, 0.2) is 30.9 Å². The molecule has 0 unspecified atom stereocenters. The third-order valence-corrected chi connectivity index (χ3v) is 5.55. The second kappa shape index (κ2) is 5.99. The standard InChI is InChI=1S/C19H19N7/c20-7-5-12-1-3-14(4-2-12)26-17-15-6-8-21-18(15)22-11-16(17)25-19(26)13-9-23-24-10-13/h6,8-12,14H,1-5H2,(H,21,22)(H,23,24)/t12-,14-. The summed E-state index contributed by atoms with van der Waals surface area (Å²) in [5.41, 5.74) is 3.92. The van der Waals surface area contributed by atoms with Crippen molar-refractivity contribution in [2.45, 2.75) is 38.1 Å². The molecule has 0 atom stereocenters. The molecule has 0 aromatic carbocycles. The summed E-state index contributed by atoms with van der Waals surface area (Å²) in [6.45, 7) is 0. The van der Waals surface area contributed by atoms with Gasteiger partial charge in [-0.05, 0) is 37.7 Å². The van der Waals surface area contributed by atoms with Crippen LogP contribution in [0.5, 0.6) is 0 Å². The Kier molecular flexibility index (Phi) is 3.49. The van der Waals surface area contributed by atoms with Crippen molar-refractivity contribution in [3.63, 3.8) is 0 Å². The van der Waals surface area contributed by atoms with Gasteiger partial charge in [-0.3, -0.25) is 5.10 Å². The molecule has 2 N–H and O–H groups in total. The van der Waals surface area contributed by atoms with Crippen LogP contribution >= 0.6 is 0 Å². The number of fused-ring (bicyclic) bond motifs is 3. The molecule has 0 radical (unpaired) electrons. The molecule has 1 aliphatic rings. The second-order valence-electron chi connectivity index (χ2n) is 7.06. The van der Waals surface area contributed by atoms with Crippen molar-refractivity contribution in [2.75, 3.05) is 0 Å². The van der Waals surface area contributed by atoms with Crippen LogP contribution in [0.2, 0.25) is 0 Å². The minimum Gasteiger partial charge on any atom is -0.346 e. The van der Waals surface area contributed by atoms with E-state index in [-0.39, 0.29) is 0 Å². The summed E-state index contributed by atoms with van der Waals surface area (Å²) in [6, 6.07) is 4.78. The highest BCUT2D eigenvalue weighted by Crippen LogP contribution is 2.39. The molecule has 7 nitrogen and oxygen atoms in total. The van der Waals surface area contributed by atoms with Crippen LogP contribution in [-0.4, -0.2) is 29.7 Å². The van der Waals surface area contributed by atoms with Gasteiger partial charge in [0.2, 0.25) is 0 Å². The van der Waals surface area contributed by atoms with E-state index in [0.29, 0.717) is 18.4 Å². The first-order chi connectivity index (χ1) is 12.8. The lowest BCUT2D eigenvalue weighted by Crippen LogP contribution is -2.18. The van der Waals surface area contributed by atoms with E-state index in [1.54, 1.807) is 0 Å². The van der Waals surface area contributed by atoms with Crippen LogP contribution in [0, 0.1) is 17.2 Å². The minimum atomic E-state index is 0.375. The van der Waals surface area contributed by atoms with E-state index >= 15 is 0 Å². The summed E-state index contributed by atoms with van der Waals surface area (Å²) in [5, 5.41) is 17.1. The molecule has 4 aromatic heterocycles. The fourth-order valence-electron chi connectivity index (χ4n) is 4.26. The predicted molar refractivity (Wildman–Crippen MR) is 98.2 cm³/mol. The Balaban J connectivity index is 1.68. The first-order valence-electron chi connectivity index (χ1n) is 9.05. The van der Waals surface area contributed by atoms with Gasteiger partial charge < -0.3 is 9.55 Å². The number of imidazole rings is 1. The molecule has 5 rings (SSSR count). The Labute approximate surface area is 150 Å². The molecule has 0 saturated heterocycles. The molecule has 4 heterocycles. The number of aromatic amines is 2. The van der Waals surface area contributed by atoms with Crippen molar-refractivity contribution in [3.05, 3.63) is 30.9 Å². The van der Waals surface area contributed by atoms with E-state index < -0.39 is 0 Å². The van der Waals surface area contributed by atoms with Gasteiger partial charge >= 0.3 is 0 Å². The van der Waals surface area contributed by atoms with Gasteiger partial charge in [0.05, 0.1) is 29.5 Å². The molecule has 0 spiro atoms. The first kappa shape index (κ1) is 15.1. The van der Waals surface area contributed by atoms with Crippen LogP contribution in [0.1, 0.15) is 38.1 Å². The van der Waals surface area contributed by atoms with Gasteiger partial charge in [0, 0.05) is 30.2 Å². The van der Waals surface area contributed by atoms with E-state index in [0.717, 1.165) is 59.1 Å². The van der Waals surface area contributed by atoms with Crippen LogP contribution in [0.25, 0.3) is 33.5 Å². The van der Waals surface area contributed by atoms with E-state index in [9.17, 15) is 0 Å². The van der Waals surface area contributed by atoms with Gasteiger partial charge in [0.1, 0.15) is 17.0 Å². The second-order valence-corrected chi connectivity index (χ2v) is 7.06. The molecule has 4 aromatic rings. The normalized spacial score (nSPS) is 20.6. The minimum absolute atomic E-state index is 0.375. The molecular weight excluding hydrogens is 326 g/mol. The lowest BCUT2D eigenvalue weighted by atomic mass is 9.84. The number of nitrogens with zero attached hydrogens (tertiary/aromatic N) is 5. The molecule has 0 bridgehead atoms. The van der Waals surface area contributed by atoms with E-state index in [1.807, 2.05) is 24.8 Å². The van der Waals surface area contributed by atoms with Crippen molar-refractivity contribution >= 4 is 22.1 Å². The number of nitriles is 1. The van der Waals surface area contributed by atoms with Gasteiger partial charge in [-0.15, -0.1) is 0 Å². The SMILES string of the molecule is N#CC[C@H]1CC[C@H](n2c(-c3cn[nH]c3)nc3cnc4[nH]ccc4c32)CC1. The zero-order valence-electron chi connectivity index (χ0n) is 14.3. The number of rotatable bonds is 3. The van der Waals surface area contributed by atoms with Crippen molar-refractivity contribution in [3.8, 4) is 17.5 Å². The number of pyridine rings is 1. The summed E-state index contributed by atoms with van der Waals surface area (Å²) in [6.07, 6.45) is 12.5. The average molecular weight is 345 g/mol. The van der Waals surface area contributed by atoms with E-state index in [2.05, 4.69) is 36.9 Å². The Morgan fingerprint density at radius 3 is 2.88 bits per heavy atom. The quantitative estimate of drug-likeness (QED) is 0.587. The third-order valence-electron chi connectivity index (χ3n) is 5.55. The first-order valence-corrected chi connectivity index (χ1v) is 9.05. The molecule has 130 valence electrons. The molecule has 7 heteroatoms. The summed E-state index contributed by atoms with van der Waals surface area (Å²) in [4.78, 5) is 12.6. The third kappa shape index (κ3) is 2.30. The van der Waals surface area contributed by atoms with E-state index in [1.165, 1.54) is 0 Å². The highest BCUT2D eigenvalue weighted by atomic mass is 15.1. The Bertz CT molecular complexity index is 1090. The monoisotopic (exact) mass is 345 g/mol. The summed E-state index contributed by atoms with van der Waals surface area (Å²) in [5.74, 6) is 1.46. The summed E-state index contributed by atoms with van der Waals surface area (Å²) in [7, 11) is 0. The fourth-order valence-corrected chi connectivity index (χ4v) is 4.26. The van der Waals surface area contributed by atoms with Crippen molar-refractivity contribution in [1.82, 2.24) is 29.7 Å². The lowest BCUT2D eigenvalue weighted by Gasteiger charge is -2.29. The zero-order valence-corrected chi connectivity index (χ0v) is 14.3. The molecule has 1 saturated carbocycles.